The van der Waals surface area contributed by atoms with Gasteiger partial charge in [0.15, 0.2) is 5.78 Å². The van der Waals surface area contributed by atoms with Gasteiger partial charge in [-0.15, -0.1) is 0 Å². The largest absolute Gasteiger partial charge is 0.294 e. The third-order valence-corrected chi connectivity index (χ3v) is 4.60. The van der Waals surface area contributed by atoms with E-state index in [2.05, 4.69) is 22.6 Å². The zero-order chi connectivity index (χ0) is 11.5. The monoisotopic (exact) mass is 342 g/mol. The van der Waals surface area contributed by atoms with Crippen molar-refractivity contribution in [3.8, 4) is 0 Å². The zero-order valence-corrected chi connectivity index (χ0v) is 11.8. The van der Waals surface area contributed by atoms with E-state index in [1.807, 2.05) is 41.9 Å². The normalized spacial score (nSPS) is 10.4. The lowest BCUT2D eigenvalue weighted by Gasteiger charge is -2.05. The van der Waals surface area contributed by atoms with Crippen LogP contribution in [0.2, 0.25) is 0 Å². The minimum Gasteiger partial charge on any atom is -0.294 e. The predicted octanol–water partition coefficient (Wildman–Crippen LogP) is 4.09. The molecule has 0 saturated carbocycles. The van der Waals surface area contributed by atoms with Gasteiger partial charge in [0.25, 0.3) is 0 Å². The maximum Gasteiger partial charge on any atom is 0.168 e. The van der Waals surface area contributed by atoms with Gasteiger partial charge in [0.05, 0.1) is 0 Å². The van der Waals surface area contributed by atoms with Gasteiger partial charge in [-0.2, -0.15) is 11.3 Å². The quantitative estimate of drug-likeness (QED) is 0.607. The third-order valence-electron chi connectivity index (χ3n) is 2.44. The first-order chi connectivity index (χ1) is 7.68. The number of carbonyl (C=O) groups is 1. The summed E-state index contributed by atoms with van der Waals surface area (Å²) < 4.78 is 1.07. The molecule has 0 spiro atoms. The minimum atomic E-state index is 0.200. The van der Waals surface area contributed by atoms with Gasteiger partial charge in [-0.1, -0.05) is 18.2 Å². The highest BCUT2D eigenvalue weighted by atomic mass is 127. The summed E-state index contributed by atoms with van der Waals surface area (Å²) in [7, 11) is 0. The van der Waals surface area contributed by atoms with Crippen LogP contribution in [-0.4, -0.2) is 5.78 Å². The van der Waals surface area contributed by atoms with Gasteiger partial charge in [0.2, 0.25) is 0 Å². The van der Waals surface area contributed by atoms with Crippen LogP contribution in [0.4, 0.5) is 0 Å². The lowest BCUT2D eigenvalue weighted by molar-refractivity contribution is 0.0992. The van der Waals surface area contributed by atoms with Crippen molar-refractivity contribution in [2.75, 3.05) is 0 Å². The van der Waals surface area contributed by atoms with Crippen molar-refractivity contribution in [2.45, 2.75) is 13.3 Å². The van der Waals surface area contributed by atoms with Crippen molar-refractivity contribution < 1.29 is 4.79 Å². The number of benzene rings is 1. The summed E-state index contributed by atoms with van der Waals surface area (Å²) in [6.45, 7) is 2.03. The predicted molar refractivity (Wildman–Crippen MR) is 76.2 cm³/mol. The highest BCUT2D eigenvalue weighted by molar-refractivity contribution is 14.1. The SMILES string of the molecule is Cc1cccc(C(=O)Cc2ccsc2)c1I. The average molecular weight is 342 g/mol. The molecule has 0 N–H and O–H groups in total. The fraction of sp³-hybridized carbons (Fsp3) is 0.154. The number of ketones is 1. The van der Waals surface area contributed by atoms with Gasteiger partial charge in [-0.3, -0.25) is 4.79 Å². The van der Waals surface area contributed by atoms with Crippen LogP contribution in [0.1, 0.15) is 21.5 Å². The lowest BCUT2D eigenvalue weighted by atomic mass is 10.0. The molecule has 1 aromatic heterocycles. The molecule has 1 nitrogen and oxygen atoms in total. The van der Waals surface area contributed by atoms with Crippen LogP contribution in [0.3, 0.4) is 0 Å². The highest BCUT2D eigenvalue weighted by Crippen LogP contribution is 2.19. The molecule has 0 unspecified atom stereocenters. The second-order valence-corrected chi connectivity index (χ2v) is 5.53. The van der Waals surface area contributed by atoms with E-state index in [1.54, 1.807) is 11.3 Å². The van der Waals surface area contributed by atoms with Crippen LogP contribution in [0.25, 0.3) is 0 Å². The molecule has 2 rings (SSSR count). The molecule has 0 aliphatic heterocycles. The Kier molecular flexibility index (Phi) is 3.76. The Labute approximate surface area is 113 Å². The molecule has 1 aromatic carbocycles. The molecule has 0 amide bonds. The van der Waals surface area contributed by atoms with Crippen LogP contribution in [0, 0.1) is 10.5 Å². The Morgan fingerprint density at radius 1 is 1.38 bits per heavy atom. The molecule has 0 atom stereocenters. The van der Waals surface area contributed by atoms with Gasteiger partial charge in [0, 0.05) is 15.6 Å². The van der Waals surface area contributed by atoms with Crippen molar-refractivity contribution in [3.63, 3.8) is 0 Å². The smallest absolute Gasteiger partial charge is 0.168 e. The van der Waals surface area contributed by atoms with Crippen LogP contribution in [-0.2, 0) is 6.42 Å². The van der Waals surface area contributed by atoms with Gasteiger partial charge >= 0.3 is 0 Å². The molecule has 0 bridgehead atoms. The fourth-order valence-electron chi connectivity index (χ4n) is 1.54. The zero-order valence-electron chi connectivity index (χ0n) is 8.87. The third kappa shape index (κ3) is 2.52. The summed E-state index contributed by atoms with van der Waals surface area (Å²) in [6.07, 6.45) is 0.503. The molecule has 16 heavy (non-hydrogen) atoms. The number of carbonyl (C=O) groups excluding carboxylic acids is 1. The van der Waals surface area contributed by atoms with Crippen molar-refractivity contribution in [2.24, 2.45) is 0 Å². The van der Waals surface area contributed by atoms with E-state index in [0.29, 0.717) is 6.42 Å². The van der Waals surface area contributed by atoms with E-state index in [-0.39, 0.29) is 5.78 Å². The van der Waals surface area contributed by atoms with Gasteiger partial charge < -0.3 is 0 Å². The highest BCUT2D eigenvalue weighted by Gasteiger charge is 2.11. The fourth-order valence-corrected chi connectivity index (χ4v) is 2.87. The van der Waals surface area contributed by atoms with E-state index in [0.717, 1.165) is 20.3 Å². The van der Waals surface area contributed by atoms with Crippen molar-refractivity contribution in [3.05, 3.63) is 55.3 Å². The number of hydrogen-bond donors (Lipinski definition) is 0. The molecule has 0 radical (unpaired) electrons. The molecule has 2 aromatic rings. The molecule has 1 heterocycles. The van der Waals surface area contributed by atoms with Crippen LogP contribution in [0.5, 0.6) is 0 Å². The number of hydrogen-bond acceptors (Lipinski definition) is 2. The second kappa shape index (κ2) is 5.10. The lowest BCUT2D eigenvalue weighted by Crippen LogP contribution is -2.05. The Morgan fingerprint density at radius 3 is 2.88 bits per heavy atom. The first-order valence-electron chi connectivity index (χ1n) is 4.98. The summed E-state index contributed by atoms with van der Waals surface area (Å²) in [4.78, 5) is 12.1. The summed E-state index contributed by atoms with van der Waals surface area (Å²) >= 11 is 3.87. The van der Waals surface area contributed by atoms with E-state index in [9.17, 15) is 4.79 Å². The number of thiophene rings is 1. The van der Waals surface area contributed by atoms with E-state index < -0.39 is 0 Å². The first kappa shape index (κ1) is 11.8. The molecule has 0 aliphatic rings. The van der Waals surface area contributed by atoms with E-state index in [1.165, 1.54) is 0 Å². The Hall–Kier alpha value is -0.680. The van der Waals surface area contributed by atoms with E-state index in [4.69, 9.17) is 0 Å². The van der Waals surface area contributed by atoms with E-state index >= 15 is 0 Å². The molecule has 3 heteroatoms. The molecule has 0 aliphatic carbocycles. The Balaban J connectivity index is 2.24. The Morgan fingerprint density at radius 2 is 2.19 bits per heavy atom. The number of halogens is 1. The number of aryl methyl sites for hydroxylation is 1. The summed E-state index contributed by atoms with van der Waals surface area (Å²) in [5.74, 6) is 0.200. The minimum absolute atomic E-state index is 0.200. The topological polar surface area (TPSA) is 17.1 Å². The van der Waals surface area contributed by atoms with Crippen LogP contribution >= 0.6 is 33.9 Å². The van der Waals surface area contributed by atoms with Gasteiger partial charge in [-0.05, 0) is 57.5 Å². The molecule has 0 fully saturated rings. The molecule has 82 valence electrons. The summed E-state index contributed by atoms with van der Waals surface area (Å²) in [5.41, 5.74) is 3.11. The van der Waals surface area contributed by atoms with Crippen LogP contribution in [0.15, 0.2) is 35.0 Å². The van der Waals surface area contributed by atoms with Gasteiger partial charge in [-0.25, -0.2) is 0 Å². The van der Waals surface area contributed by atoms with Crippen molar-refractivity contribution in [1.29, 1.82) is 0 Å². The van der Waals surface area contributed by atoms with Gasteiger partial charge in [0.1, 0.15) is 0 Å². The standard InChI is InChI=1S/C13H11IOS/c1-9-3-2-4-11(13(9)14)12(15)7-10-5-6-16-8-10/h2-6,8H,7H2,1H3. The Bertz CT molecular complexity index is 503. The average Bonchev–Trinajstić information content (AvgIpc) is 2.74. The second-order valence-electron chi connectivity index (χ2n) is 3.67. The maximum atomic E-state index is 12.1. The maximum absolute atomic E-state index is 12.1. The molecule has 0 saturated heterocycles. The first-order valence-corrected chi connectivity index (χ1v) is 7.00. The number of rotatable bonds is 3. The van der Waals surface area contributed by atoms with Crippen molar-refractivity contribution in [1.82, 2.24) is 0 Å². The molecular weight excluding hydrogens is 331 g/mol. The molecular formula is C13H11IOS. The summed E-state index contributed by atoms with van der Waals surface area (Å²) in [5, 5.41) is 4.03. The van der Waals surface area contributed by atoms with Crippen molar-refractivity contribution >= 4 is 39.7 Å². The summed E-state index contributed by atoms with van der Waals surface area (Å²) in [6, 6.07) is 7.89. The number of Topliss-reactive ketones (excluding diaryl/α,β-unsaturated/α-hetero) is 1. The van der Waals surface area contributed by atoms with Crippen LogP contribution < -0.4 is 0 Å².